The van der Waals surface area contributed by atoms with Gasteiger partial charge in [-0.1, -0.05) is 12.1 Å². The minimum Gasteiger partial charge on any atom is -0.497 e. The summed E-state index contributed by atoms with van der Waals surface area (Å²) >= 11 is 0. The van der Waals surface area contributed by atoms with Crippen LogP contribution in [0, 0.1) is 0 Å². The number of nitrogens with one attached hydrogen (secondary N) is 2. The van der Waals surface area contributed by atoms with Crippen LogP contribution in [0.3, 0.4) is 0 Å². The largest absolute Gasteiger partial charge is 0.497 e. The molecule has 0 radical (unpaired) electrons. The van der Waals surface area contributed by atoms with Gasteiger partial charge >= 0.3 is 0 Å². The molecule has 1 saturated heterocycles. The average Bonchev–Trinajstić information content (AvgIpc) is 3.19. The summed E-state index contributed by atoms with van der Waals surface area (Å²) in [4.78, 5) is 22.2. The maximum absolute atomic E-state index is 12.3. The number of ether oxygens (including phenoxy) is 1. The fraction of sp³-hybridized carbons (Fsp3) is 0.391. The van der Waals surface area contributed by atoms with Crippen molar-refractivity contribution in [1.82, 2.24) is 20.2 Å². The number of hydrogen-bond donors (Lipinski definition) is 2. The highest BCUT2D eigenvalue weighted by Gasteiger charge is 2.24. The smallest absolute Gasteiger partial charge is 0.234 e. The van der Waals surface area contributed by atoms with E-state index in [1.165, 1.54) is 16.5 Å². The Morgan fingerprint density at radius 3 is 2.97 bits per heavy atom. The van der Waals surface area contributed by atoms with E-state index in [-0.39, 0.29) is 5.91 Å². The second-order valence-corrected chi connectivity index (χ2v) is 7.65. The zero-order valence-electron chi connectivity index (χ0n) is 16.9. The van der Waals surface area contributed by atoms with Crippen LogP contribution < -0.4 is 10.1 Å². The Hall–Kier alpha value is -2.86. The van der Waals surface area contributed by atoms with Gasteiger partial charge in [0, 0.05) is 24.3 Å². The summed E-state index contributed by atoms with van der Waals surface area (Å²) in [5.41, 5.74) is 3.48. The first-order valence-corrected chi connectivity index (χ1v) is 10.3. The first-order valence-electron chi connectivity index (χ1n) is 10.3. The molecule has 0 aliphatic carbocycles. The Labute approximate surface area is 171 Å². The normalized spacial score (nSPS) is 15.5. The molecule has 1 fully saturated rings. The lowest BCUT2D eigenvalue weighted by atomic mass is 9.89. The molecule has 1 aromatic carbocycles. The van der Waals surface area contributed by atoms with Crippen molar-refractivity contribution in [1.29, 1.82) is 0 Å². The molecule has 2 aromatic heterocycles. The number of pyridine rings is 1. The second-order valence-electron chi connectivity index (χ2n) is 7.65. The van der Waals surface area contributed by atoms with E-state index in [9.17, 15) is 4.79 Å². The molecule has 0 atom stereocenters. The fourth-order valence-corrected chi connectivity index (χ4v) is 4.15. The molecule has 0 spiro atoms. The average molecular weight is 393 g/mol. The topological polar surface area (TPSA) is 70.2 Å². The molecule has 2 N–H and O–H groups in total. The van der Waals surface area contributed by atoms with Crippen LogP contribution in [-0.4, -0.2) is 54.1 Å². The van der Waals surface area contributed by atoms with Crippen LogP contribution in [0.4, 0.5) is 0 Å². The van der Waals surface area contributed by atoms with Crippen LogP contribution >= 0.6 is 0 Å². The first-order chi connectivity index (χ1) is 14.2. The molecule has 4 rings (SSSR count). The van der Waals surface area contributed by atoms with E-state index in [2.05, 4.69) is 38.5 Å². The molecule has 29 heavy (non-hydrogen) atoms. The van der Waals surface area contributed by atoms with E-state index >= 15 is 0 Å². The van der Waals surface area contributed by atoms with Gasteiger partial charge in [-0.05, 0) is 73.7 Å². The van der Waals surface area contributed by atoms with Crippen LogP contribution in [0.25, 0.3) is 11.0 Å². The zero-order chi connectivity index (χ0) is 20.1. The molecule has 6 nitrogen and oxygen atoms in total. The van der Waals surface area contributed by atoms with Gasteiger partial charge in [0.15, 0.2) is 0 Å². The van der Waals surface area contributed by atoms with E-state index in [0.717, 1.165) is 43.7 Å². The summed E-state index contributed by atoms with van der Waals surface area (Å²) in [6.07, 6.45) is 6.86. The third-order valence-electron chi connectivity index (χ3n) is 5.75. The minimum absolute atomic E-state index is 0.0997. The van der Waals surface area contributed by atoms with Gasteiger partial charge < -0.3 is 15.0 Å². The number of fused-ring (bicyclic) bond motifs is 1. The molecule has 0 bridgehead atoms. The highest BCUT2D eigenvalue weighted by atomic mass is 16.5. The maximum Gasteiger partial charge on any atom is 0.234 e. The number of H-pyrrole nitrogens is 1. The van der Waals surface area contributed by atoms with Gasteiger partial charge in [-0.2, -0.15) is 0 Å². The third kappa shape index (κ3) is 4.77. The van der Waals surface area contributed by atoms with Crippen molar-refractivity contribution in [2.24, 2.45) is 0 Å². The highest BCUT2D eigenvalue weighted by molar-refractivity contribution is 5.80. The van der Waals surface area contributed by atoms with Crippen molar-refractivity contribution in [2.75, 3.05) is 33.3 Å². The number of aromatic nitrogens is 2. The van der Waals surface area contributed by atoms with Crippen LogP contribution in [0.2, 0.25) is 0 Å². The van der Waals surface area contributed by atoms with Crippen molar-refractivity contribution in [3.63, 3.8) is 0 Å². The van der Waals surface area contributed by atoms with Gasteiger partial charge in [-0.3, -0.25) is 9.69 Å². The summed E-state index contributed by atoms with van der Waals surface area (Å²) in [6.45, 7) is 3.01. The summed E-state index contributed by atoms with van der Waals surface area (Å²) in [5, 5.41) is 4.27. The number of carbonyl (C=O) groups excluding carboxylic acids is 1. The van der Waals surface area contributed by atoms with E-state index in [1.54, 1.807) is 7.11 Å². The summed E-state index contributed by atoms with van der Waals surface area (Å²) in [5.74, 6) is 1.48. The lowest BCUT2D eigenvalue weighted by Crippen LogP contribution is -2.41. The van der Waals surface area contributed by atoms with Gasteiger partial charge in [0.2, 0.25) is 5.91 Å². The van der Waals surface area contributed by atoms with E-state index in [0.29, 0.717) is 19.0 Å². The minimum atomic E-state index is 0.0997. The SMILES string of the molecule is COc1cccc(CCNC(=O)CN2CCC(c3c[nH]c4ncccc34)CC2)c1. The van der Waals surface area contributed by atoms with Crippen molar-refractivity contribution in [3.8, 4) is 5.75 Å². The van der Waals surface area contributed by atoms with Crippen LogP contribution in [0.15, 0.2) is 48.8 Å². The van der Waals surface area contributed by atoms with E-state index in [1.807, 2.05) is 30.5 Å². The number of likely N-dealkylation sites (tertiary alicyclic amines) is 1. The quantitative estimate of drug-likeness (QED) is 0.648. The van der Waals surface area contributed by atoms with Crippen molar-refractivity contribution in [3.05, 3.63) is 59.9 Å². The Morgan fingerprint density at radius 2 is 2.14 bits per heavy atom. The van der Waals surface area contributed by atoms with Gasteiger partial charge in [0.05, 0.1) is 13.7 Å². The van der Waals surface area contributed by atoms with Crippen molar-refractivity contribution in [2.45, 2.75) is 25.2 Å². The number of benzene rings is 1. The van der Waals surface area contributed by atoms with Gasteiger partial charge in [0.25, 0.3) is 0 Å². The molecule has 6 heteroatoms. The molecule has 0 saturated carbocycles. The second kappa shape index (κ2) is 9.09. The number of rotatable bonds is 7. The molecular weight excluding hydrogens is 364 g/mol. The number of amides is 1. The molecular formula is C23H28N4O2. The monoisotopic (exact) mass is 392 g/mol. The highest BCUT2D eigenvalue weighted by Crippen LogP contribution is 2.32. The Kier molecular flexibility index (Phi) is 6.10. The number of nitrogens with zero attached hydrogens (tertiary/aromatic N) is 2. The van der Waals surface area contributed by atoms with Crippen LogP contribution in [0.5, 0.6) is 5.75 Å². The Bertz CT molecular complexity index is 960. The number of carbonyl (C=O) groups is 1. The number of methoxy groups -OCH3 is 1. The lowest BCUT2D eigenvalue weighted by Gasteiger charge is -2.31. The number of hydrogen-bond acceptors (Lipinski definition) is 4. The summed E-state index contributed by atoms with van der Waals surface area (Å²) < 4.78 is 5.24. The first kappa shape index (κ1) is 19.5. The maximum atomic E-state index is 12.3. The molecule has 152 valence electrons. The Morgan fingerprint density at radius 1 is 1.28 bits per heavy atom. The molecule has 3 heterocycles. The number of aromatic amines is 1. The fourth-order valence-electron chi connectivity index (χ4n) is 4.15. The molecule has 3 aromatic rings. The predicted octanol–water partition coefficient (Wildman–Crippen LogP) is 3.11. The van der Waals surface area contributed by atoms with E-state index < -0.39 is 0 Å². The summed E-state index contributed by atoms with van der Waals surface area (Å²) in [6, 6.07) is 12.1. The van der Waals surface area contributed by atoms with Gasteiger partial charge in [-0.15, -0.1) is 0 Å². The van der Waals surface area contributed by atoms with Crippen LogP contribution in [0.1, 0.15) is 29.9 Å². The molecule has 1 amide bonds. The summed E-state index contributed by atoms with van der Waals surface area (Å²) in [7, 11) is 1.67. The Balaban J connectivity index is 1.21. The lowest BCUT2D eigenvalue weighted by molar-refractivity contribution is -0.122. The van der Waals surface area contributed by atoms with Crippen molar-refractivity contribution < 1.29 is 9.53 Å². The molecule has 0 unspecified atom stereocenters. The van der Waals surface area contributed by atoms with Gasteiger partial charge in [0.1, 0.15) is 11.4 Å². The molecule has 1 aliphatic heterocycles. The molecule has 1 aliphatic rings. The third-order valence-corrected chi connectivity index (χ3v) is 5.75. The standard InChI is InChI=1S/C23H28N4O2/c1-29-19-5-2-4-17(14-19)7-11-24-22(28)16-27-12-8-18(9-13-27)21-15-26-23-20(21)6-3-10-25-23/h2-6,10,14-15,18H,7-9,11-13,16H2,1H3,(H,24,28)(H,25,26). The van der Waals surface area contributed by atoms with Gasteiger partial charge in [-0.25, -0.2) is 4.98 Å². The number of piperidine rings is 1. The predicted molar refractivity (Wildman–Crippen MR) is 114 cm³/mol. The zero-order valence-corrected chi connectivity index (χ0v) is 16.9. The van der Waals surface area contributed by atoms with Crippen molar-refractivity contribution >= 4 is 16.9 Å². The van der Waals surface area contributed by atoms with Crippen LogP contribution in [-0.2, 0) is 11.2 Å². The van der Waals surface area contributed by atoms with E-state index in [4.69, 9.17) is 4.74 Å².